The molecule has 1 aromatic heterocycles. The number of ether oxygens (including phenoxy) is 1. The highest BCUT2D eigenvalue weighted by molar-refractivity contribution is 5.28. The van der Waals surface area contributed by atoms with Gasteiger partial charge in [-0.15, -0.1) is 9.90 Å². The van der Waals surface area contributed by atoms with Crippen LogP contribution in [0.4, 0.5) is 0 Å². The van der Waals surface area contributed by atoms with Crippen molar-refractivity contribution in [2.75, 3.05) is 7.11 Å². The smallest absolute Gasteiger partial charge is 0.253 e. The summed E-state index contributed by atoms with van der Waals surface area (Å²) >= 11 is 0. The lowest BCUT2D eigenvalue weighted by molar-refractivity contribution is 0.394. The number of aromatic nitrogens is 3. The topological polar surface area (TPSA) is 39.9 Å². The fourth-order valence-corrected chi connectivity index (χ4v) is 1.03. The number of rotatable bonds is 2. The van der Waals surface area contributed by atoms with Crippen LogP contribution < -0.4 is 4.74 Å². The second-order valence-corrected chi connectivity index (χ2v) is 2.51. The van der Waals surface area contributed by atoms with E-state index < -0.39 is 0 Å². The van der Waals surface area contributed by atoms with Crippen molar-refractivity contribution in [3.8, 4) is 11.6 Å². The minimum atomic E-state index is 0.517. The SMILES string of the molecule is COc1cnn(-c2ccccc2)n1. The molecule has 0 amide bonds. The minimum absolute atomic E-state index is 0.517. The molecule has 0 spiro atoms. The van der Waals surface area contributed by atoms with Crippen LogP contribution in [-0.4, -0.2) is 22.1 Å². The summed E-state index contributed by atoms with van der Waals surface area (Å²) in [6.45, 7) is 0. The first-order chi connectivity index (χ1) is 6.40. The number of methoxy groups -OCH3 is 1. The van der Waals surface area contributed by atoms with E-state index >= 15 is 0 Å². The molecule has 0 aliphatic heterocycles. The van der Waals surface area contributed by atoms with Crippen molar-refractivity contribution in [3.05, 3.63) is 36.5 Å². The van der Waals surface area contributed by atoms with Gasteiger partial charge in [0.25, 0.3) is 5.88 Å². The standard InChI is InChI=1S/C9H9N3O/c1-13-9-7-10-12(11-9)8-5-3-2-4-6-8/h2-7H,1H3. The maximum absolute atomic E-state index is 4.92. The zero-order valence-electron chi connectivity index (χ0n) is 7.21. The molecule has 2 aromatic rings. The number of nitrogens with zero attached hydrogens (tertiary/aromatic N) is 3. The van der Waals surface area contributed by atoms with Gasteiger partial charge in [0.1, 0.15) is 6.20 Å². The van der Waals surface area contributed by atoms with Crippen LogP contribution in [0.5, 0.6) is 5.88 Å². The van der Waals surface area contributed by atoms with Crippen LogP contribution in [0.2, 0.25) is 0 Å². The van der Waals surface area contributed by atoms with Gasteiger partial charge in [0.15, 0.2) is 0 Å². The fraction of sp³-hybridized carbons (Fsp3) is 0.111. The van der Waals surface area contributed by atoms with Gasteiger partial charge in [0.2, 0.25) is 0 Å². The minimum Gasteiger partial charge on any atom is -0.479 e. The summed E-state index contributed by atoms with van der Waals surface area (Å²) in [6.07, 6.45) is 1.58. The number of hydrogen-bond donors (Lipinski definition) is 0. The number of hydrogen-bond acceptors (Lipinski definition) is 3. The molecule has 13 heavy (non-hydrogen) atoms. The van der Waals surface area contributed by atoms with Gasteiger partial charge in [-0.3, -0.25) is 0 Å². The summed E-state index contributed by atoms with van der Waals surface area (Å²) in [5, 5.41) is 8.12. The number of benzene rings is 1. The molecule has 0 atom stereocenters. The van der Waals surface area contributed by atoms with Crippen molar-refractivity contribution < 1.29 is 4.74 Å². The van der Waals surface area contributed by atoms with E-state index in [0.29, 0.717) is 5.88 Å². The molecule has 4 nitrogen and oxygen atoms in total. The van der Waals surface area contributed by atoms with E-state index in [9.17, 15) is 0 Å². The molecule has 0 saturated heterocycles. The monoisotopic (exact) mass is 175 g/mol. The summed E-state index contributed by atoms with van der Waals surface area (Å²) in [5.74, 6) is 0.517. The molecule has 1 aromatic carbocycles. The first-order valence-electron chi connectivity index (χ1n) is 3.92. The van der Waals surface area contributed by atoms with Gasteiger partial charge in [0.05, 0.1) is 12.8 Å². The van der Waals surface area contributed by atoms with Gasteiger partial charge < -0.3 is 4.74 Å². The van der Waals surface area contributed by atoms with Crippen molar-refractivity contribution in [1.82, 2.24) is 15.0 Å². The molecule has 2 rings (SSSR count). The van der Waals surface area contributed by atoms with E-state index in [1.807, 2.05) is 30.3 Å². The summed E-state index contributed by atoms with van der Waals surface area (Å²) in [4.78, 5) is 1.53. The van der Waals surface area contributed by atoms with Crippen LogP contribution in [0.1, 0.15) is 0 Å². The van der Waals surface area contributed by atoms with Crippen LogP contribution in [0.15, 0.2) is 36.5 Å². The summed E-state index contributed by atoms with van der Waals surface area (Å²) < 4.78 is 4.92. The first-order valence-corrected chi connectivity index (χ1v) is 3.92. The van der Waals surface area contributed by atoms with Gasteiger partial charge in [-0.25, -0.2) is 0 Å². The lowest BCUT2D eigenvalue weighted by atomic mass is 10.3. The molecule has 0 fully saturated rings. The van der Waals surface area contributed by atoms with Crippen LogP contribution in [-0.2, 0) is 0 Å². The Balaban J connectivity index is 2.36. The van der Waals surface area contributed by atoms with E-state index in [1.165, 1.54) is 4.80 Å². The third-order valence-electron chi connectivity index (χ3n) is 1.67. The largest absolute Gasteiger partial charge is 0.479 e. The second-order valence-electron chi connectivity index (χ2n) is 2.51. The summed E-state index contributed by atoms with van der Waals surface area (Å²) in [5.41, 5.74) is 0.922. The van der Waals surface area contributed by atoms with E-state index in [0.717, 1.165) is 5.69 Å². The molecule has 66 valence electrons. The molecular weight excluding hydrogens is 166 g/mol. The lowest BCUT2D eigenvalue weighted by Gasteiger charge is -1.96. The Morgan fingerprint density at radius 3 is 2.62 bits per heavy atom. The Kier molecular flexibility index (Phi) is 1.96. The molecule has 1 heterocycles. The Bertz CT molecular complexity index is 383. The van der Waals surface area contributed by atoms with Crippen molar-refractivity contribution in [2.24, 2.45) is 0 Å². The molecular formula is C9H9N3O. The third-order valence-corrected chi connectivity index (χ3v) is 1.67. The van der Waals surface area contributed by atoms with E-state index in [2.05, 4.69) is 10.2 Å². The molecule has 0 aliphatic carbocycles. The van der Waals surface area contributed by atoms with Gasteiger partial charge >= 0.3 is 0 Å². The second kappa shape index (κ2) is 3.26. The maximum atomic E-state index is 4.92. The Labute approximate surface area is 75.8 Å². The third kappa shape index (κ3) is 1.51. The van der Waals surface area contributed by atoms with Crippen molar-refractivity contribution in [2.45, 2.75) is 0 Å². The van der Waals surface area contributed by atoms with Gasteiger partial charge in [-0.05, 0) is 12.1 Å². The van der Waals surface area contributed by atoms with Crippen LogP contribution in [0.25, 0.3) is 5.69 Å². The van der Waals surface area contributed by atoms with Crippen molar-refractivity contribution in [1.29, 1.82) is 0 Å². The predicted molar refractivity (Wildman–Crippen MR) is 47.9 cm³/mol. The molecule has 0 aliphatic rings. The van der Waals surface area contributed by atoms with Crippen LogP contribution >= 0.6 is 0 Å². The fourth-order valence-electron chi connectivity index (χ4n) is 1.03. The predicted octanol–water partition coefficient (Wildman–Crippen LogP) is 1.28. The Morgan fingerprint density at radius 2 is 2.00 bits per heavy atom. The Hall–Kier alpha value is -1.84. The average Bonchev–Trinajstić information content (AvgIpc) is 2.67. The zero-order valence-corrected chi connectivity index (χ0v) is 7.21. The van der Waals surface area contributed by atoms with E-state index in [4.69, 9.17) is 4.74 Å². The molecule has 0 unspecified atom stereocenters. The van der Waals surface area contributed by atoms with E-state index in [1.54, 1.807) is 13.3 Å². The highest BCUT2D eigenvalue weighted by atomic mass is 16.5. The molecule has 4 heteroatoms. The van der Waals surface area contributed by atoms with Crippen molar-refractivity contribution in [3.63, 3.8) is 0 Å². The lowest BCUT2D eigenvalue weighted by Crippen LogP contribution is -1.97. The van der Waals surface area contributed by atoms with Crippen LogP contribution in [0.3, 0.4) is 0 Å². The molecule has 0 bridgehead atoms. The van der Waals surface area contributed by atoms with Crippen molar-refractivity contribution >= 4 is 0 Å². The zero-order chi connectivity index (χ0) is 9.10. The molecule has 0 saturated carbocycles. The Morgan fingerprint density at radius 1 is 1.23 bits per heavy atom. The van der Waals surface area contributed by atoms with E-state index in [-0.39, 0.29) is 0 Å². The average molecular weight is 175 g/mol. The van der Waals surface area contributed by atoms with Gasteiger partial charge in [0, 0.05) is 0 Å². The summed E-state index contributed by atoms with van der Waals surface area (Å²) in [6, 6.07) is 9.68. The first kappa shape index (κ1) is 7.79. The maximum Gasteiger partial charge on any atom is 0.253 e. The van der Waals surface area contributed by atoms with Gasteiger partial charge in [-0.1, -0.05) is 18.2 Å². The molecule has 0 N–H and O–H groups in total. The quantitative estimate of drug-likeness (QED) is 0.690. The molecule has 0 radical (unpaired) electrons. The highest BCUT2D eigenvalue weighted by Gasteiger charge is 2.00. The number of para-hydroxylation sites is 1. The van der Waals surface area contributed by atoms with Gasteiger partial charge in [-0.2, -0.15) is 5.10 Å². The highest BCUT2D eigenvalue weighted by Crippen LogP contribution is 2.07. The summed E-state index contributed by atoms with van der Waals surface area (Å²) in [7, 11) is 1.57. The normalized spacial score (nSPS) is 9.92. The van der Waals surface area contributed by atoms with Crippen LogP contribution in [0, 0.1) is 0 Å².